The summed E-state index contributed by atoms with van der Waals surface area (Å²) >= 11 is 0. The molecule has 0 aliphatic carbocycles. The minimum absolute atomic E-state index is 0.00458. The summed E-state index contributed by atoms with van der Waals surface area (Å²) in [5.74, 6) is -1.07. The van der Waals surface area contributed by atoms with Crippen LogP contribution >= 0.6 is 0 Å². The second-order valence-electron chi connectivity index (χ2n) is 4.30. The highest BCUT2D eigenvalue weighted by Gasteiger charge is 2.04. The van der Waals surface area contributed by atoms with Crippen molar-refractivity contribution in [3.63, 3.8) is 0 Å². The van der Waals surface area contributed by atoms with Crippen molar-refractivity contribution in [1.82, 2.24) is 5.43 Å². The molecule has 2 aromatic rings. The van der Waals surface area contributed by atoms with Gasteiger partial charge < -0.3 is 14.6 Å². The van der Waals surface area contributed by atoms with Gasteiger partial charge in [0.2, 0.25) is 0 Å². The van der Waals surface area contributed by atoms with Crippen LogP contribution in [0, 0.1) is 0 Å². The van der Waals surface area contributed by atoms with Gasteiger partial charge in [-0.15, -0.1) is 0 Å². The van der Waals surface area contributed by atoms with E-state index in [0.29, 0.717) is 16.9 Å². The summed E-state index contributed by atoms with van der Waals surface area (Å²) in [6.07, 6.45) is 1.26. The van der Waals surface area contributed by atoms with E-state index in [1.54, 1.807) is 42.5 Å². The molecule has 22 heavy (non-hydrogen) atoms. The molecule has 1 N–H and O–H groups in total. The fourth-order valence-electron chi connectivity index (χ4n) is 1.76. The number of hydrazone groups is 1. The molecule has 1 amide bonds. The van der Waals surface area contributed by atoms with Crippen molar-refractivity contribution in [2.45, 2.75) is 0 Å². The number of carboxylic acids is 1. The number of benzene rings is 2. The number of amides is 1. The molecule has 0 heterocycles. The fourth-order valence-corrected chi connectivity index (χ4v) is 1.76. The van der Waals surface area contributed by atoms with Crippen LogP contribution in [0.3, 0.4) is 0 Å². The number of aromatic carboxylic acids is 1. The lowest BCUT2D eigenvalue weighted by atomic mass is 10.1. The van der Waals surface area contributed by atoms with Crippen molar-refractivity contribution >= 4 is 18.1 Å². The first kappa shape index (κ1) is 15.2. The van der Waals surface area contributed by atoms with Crippen LogP contribution in [0.5, 0.6) is 5.75 Å². The van der Waals surface area contributed by atoms with Crippen molar-refractivity contribution in [2.75, 3.05) is 7.11 Å². The van der Waals surface area contributed by atoms with E-state index in [0.717, 1.165) is 0 Å². The van der Waals surface area contributed by atoms with E-state index in [1.165, 1.54) is 19.4 Å². The summed E-state index contributed by atoms with van der Waals surface area (Å²) in [7, 11) is 1.54. The molecule has 2 rings (SSSR count). The third-order valence-corrected chi connectivity index (χ3v) is 2.90. The molecule has 0 bridgehead atoms. The van der Waals surface area contributed by atoms with Crippen LogP contribution < -0.4 is 15.3 Å². The molecule has 0 saturated heterocycles. The van der Waals surface area contributed by atoms with E-state index in [1.807, 2.05) is 0 Å². The second kappa shape index (κ2) is 7.03. The monoisotopic (exact) mass is 297 g/mol. The average Bonchev–Trinajstić information content (AvgIpc) is 2.55. The second-order valence-corrected chi connectivity index (χ2v) is 4.30. The molecular weight excluding hydrogens is 284 g/mol. The molecule has 0 atom stereocenters. The summed E-state index contributed by atoms with van der Waals surface area (Å²) in [5, 5.41) is 14.7. The molecule has 0 radical (unpaired) electrons. The Bertz CT molecular complexity index is 708. The Morgan fingerprint density at radius 1 is 1.14 bits per heavy atom. The maximum absolute atomic E-state index is 11.9. The van der Waals surface area contributed by atoms with Gasteiger partial charge in [-0.25, -0.2) is 5.43 Å². The number of carboxylic acid groups (broad SMARTS) is 1. The largest absolute Gasteiger partial charge is 0.545 e. The van der Waals surface area contributed by atoms with Crippen molar-refractivity contribution < 1.29 is 19.4 Å². The molecule has 0 aliphatic rings. The summed E-state index contributed by atoms with van der Waals surface area (Å²) in [6, 6.07) is 12.7. The maximum Gasteiger partial charge on any atom is 0.271 e. The van der Waals surface area contributed by atoms with Gasteiger partial charge in [-0.1, -0.05) is 24.3 Å². The van der Waals surface area contributed by atoms with Crippen molar-refractivity contribution in [2.24, 2.45) is 5.10 Å². The number of rotatable bonds is 5. The van der Waals surface area contributed by atoms with E-state index in [-0.39, 0.29) is 5.56 Å². The van der Waals surface area contributed by atoms with E-state index >= 15 is 0 Å². The van der Waals surface area contributed by atoms with Gasteiger partial charge in [0.05, 0.1) is 19.3 Å². The third kappa shape index (κ3) is 3.69. The van der Waals surface area contributed by atoms with Crippen LogP contribution in [0.2, 0.25) is 0 Å². The molecule has 0 aromatic heterocycles. The number of hydrogen-bond acceptors (Lipinski definition) is 5. The molecule has 0 fully saturated rings. The van der Waals surface area contributed by atoms with Gasteiger partial charge >= 0.3 is 0 Å². The normalized spacial score (nSPS) is 10.4. The zero-order chi connectivity index (χ0) is 15.9. The summed E-state index contributed by atoms with van der Waals surface area (Å²) in [5.41, 5.74) is 3.09. The zero-order valence-electron chi connectivity index (χ0n) is 11.8. The van der Waals surface area contributed by atoms with Gasteiger partial charge in [-0.05, 0) is 24.3 Å². The lowest BCUT2D eigenvalue weighted by Crippen LogP contribution is -2.24. The summed E-state index contributed by atoms with van der Waals surface area (Å²) in [6.45, 7) is 0. The smallest absolute Gasteiger partial charge is 0.271 e. The number of ether oxygens (including phenoxy) is 1. The fraction of sp³-hybridized carbons (Fsp3) is 0.0625. The standard InChI is InChI=1S/C16H14N2O4/c1-22-13-8-6-11(7-9-13)15(19)18-17-10-12-4-2-3-5-14(12)16(20)21/h2-10H,1H3,(H,18,19)(H,20,21)/p-1/b17-10-. The molecule has 0 unspecified atom stereocenters. The van der Waals surface area contributed by atoms with E-state index in [4.69, 9.17) is 4.74 Å². The molecule has 0 spiro atoms. The Labute approximate surface area is 127 Å². The number of carbonyl (C=O) groups is 2. The molecule has 0 saturated carbocycles. The van der Waals surface area contributed by atoms with Gasteiger partial charge in [-0.2, -0.15) is 5.10 Å². The SMILES string of the molecule is COc1ccc(C(=O)N/N=C\c2ccccc2C(=O)[O-])cc1. The zero-order valence-corrected chi connectivity index (χ0v) is 11.8. The van der Waals surface area contributed by atoms with Gasteiger partial charge in [0.15, 0.2) is 0 Å². The highest BCUT2D eigenvalue weighted by Crippen LogP contribution is 2.11. The minimum Gasteiger partial charge on any atom is -0.545 e. The first-order chi connectivity index (χ1) is 10.6. The quantitative estimate of drug-likeness (QED) is 0.653. The van der Waals surface area contributed by atoms with Gasteiger partial charge in [0.1, 0.15) is 5.75 Å². The van der Waals surface area contributed by atoms with Gasteiger partial charge in [0, 0.05) is 16.7 Å². The van der Waals surface area contributed by atoms with Crippen LogP contribution in [-0.4, -0.2) is 25.2 Å². The molecular formula is C16H13N2O4-. The van der Waals surface area contributed by atoms with Gasteiger partial charge in [0.25, 0.3) is 5.91 Å². The number of nitrogens with zero attached hydrogens (tertiary/aromatic N) is 1. The van der Waals surface area contributed by atoms with E-state index in [2.05, 4.69) is 10.5 Å². The summed E-state index contributed by atoms with van der Waals surface area (Å²) < 4.78 is 5.00. The first-order valence-electron chi connectivity index (χ1n) is 6.39. The van der Waals surface area contributed by atoms with E-state index in [9.17, 15) is 14.7 Å². The maximum atomic E-state index is 11.9. The third-order valence-electron chi connectivity index (χ3n) is 2.90. The van der Waals surface area contributed by atoms with Crippen LogP contribution in [0.25, 0.3) is 0 Å². The lowest BCUT2D eigenvalue weighted by molar-refractivity contribution is -0.255. The Balaban J connectivity index is 2.05. The van der Waals surface area contributed by atoms with Crippen molar-refractivity contribution in [1.29, 1.82) is 0 Å². The molecule has 0 aliphatic heterocycles. The molecule has 2 aromatic carbocycles. The Morgan fingerprint density at radius 3 is 2.45 bits per heavy atom. The predicted octanol–water partition coefficient (Wildman–Crippen LogP) is 0.823. The number of carbonyl (C=O) groups excluding carboxylic acids is 2. The number of hydrogen-bond donors (Lipinski definition) is 1. The topological polar surface area (TPSA) is 90.8 Å². The number of methoxy groups -OCH3 is 1. The molecule has 112 valence electrons. The highest BCUT2D eigenvalue weighted by atomic mass is 16.5. The first-order valence-corrected chi connectivity index (χ1v) is 6.39. The highest BCUT2D eigenvalue weighted by molar-refractivity contribution is 5.98. The summed E-state index contributed by atoms with van der Waals surface area (Å²) in [4.78, 5) is 22.8. The van der Waals surface area contributed by atoms with Crippen LogP contribution in [-0.2, 0) is 0 Å². The van der Waals surface area contributed by atoms with Crippen molar-refractivity contribution in [3.8, 4) is 5.75 Å². The van der Waals surface area contributed by atoms with Crippen LogP contribution in [0.15, 0.2) is 53.6 Å². The predicted molar refractivity (Wildman–Crippen MR) is 78.8 cm³/mol. The van der Waals surface area contributed by atoms with Crippen molar-refractivity contribution in [3.05, 3.63) is 65.2 Å². The Morgan fingerprint density at radius 2 is 1.82 bits per heavy atom. The van der Waals surface area contributed by atoms with E-state index < -0.39 is 11.9 Å². The molecule has 6 heteroatoms. The van der Waals surface area contributed by atoms with Gasteiger partial charge in [-0.3, -0.25) is 4.79 Å². The number of nitrogens with one attached hydrogen (secondary N) is 1. The molecule has 6 nitrogen and oxygen atoms in total. The Hall–Kier alpha value is -3.15. The Kier molecular flexibility index (Phi) is 4.87. The average molecular weight is 297 g/mol. The lowest BCUT2D eigenvalue weighted by Gasteiger charge is -2.06. The van der Waals surface area contributed by atoms with Crippen LogP contribution in [0.1, 0.15) is 26.3 Å². The minimum atomic E-state index is -1.30. The van der Waals surface area contributed by atoms with Crippen LogP contribution in [0.4, 0.5) is 0 Å².